The summed E-state index contributed by atoms with van der Waals surface area (Å²) in [5, 5.41) is 0. The summed E-state index contributed by atoms with van der Waals surface area (Å²) in [5.41, 5.74) is 1.69. The first-order valence-corrected chi connectivity index (χ1v) is 3.76. The highest BCUT2D eigenvalue weighted by Crippen LogP contribution is 2.18. The minimum absolute atomic E-state index is 0.693. The fourth-order valence-corrected chi connectivity index (χ4v) is 1.23. The molecule has 0 spiro atoms. The van der Waals surface area contributed by atoms with Crippen LogP contribution in [-0.2, 0) is 0 Å². The Morgan fingerprint density at radius 1 is 1.45 bits per heavy atom. The van der Waals surface area contributed by atoms with Gasteiger partial charge in [-0.2, -0.15) is 0 Å². The van der Waals surface area contributed by atoms with Crippen LogP contribution in [0.4, 0.5) is 0 Å². The van der Waals surface area contributed by atoms with E-state index in [-0.39, 0.29) is 0 Å². The average molecular weight is 165 g/mol. The van der Waals surface area contributed by atoms with Crippen LogP contribution in [0.2, 0.25) is 0 Å². The van der Waals surface area contributed by atoms with Gasteiger partial charge in [-0.3, -0.25) is 0 Å². The van der Waals surface area contributed by atoms with Gasteiger partial charge in [0.25, 0.3) is 0 Å². The summed E-state index contributed by atoms with van der Waals surface area (Å²) in [7, 11) is 0. The van der Waals surface area contributed by atoms with E-state index < -0.39 is 0 Å². The molecule has 0 atom stereocenters. The first-order chi connectivity index (χ1) is 5.25. The fourth-order valence-electron chi connectivity index (χ4n) is 1.03. The van der Waals surface area contributed by atoms with Gasteiger partial charge in [-0.15, -0.1) is 12.6 Å². The first-order valence-electron chi connectivity index (χ1n) is 3.32. The Morgan fingerprint density at radius 3 is 3.09 bits per heavy atom. The van der Waals surface area contributed by atoms with Crippen molar-refractivity contribution in [3.63, 3.8) is 0 Å². The Labute approximate surface area is 69.6 Å². The summed E-state index contributed by atoms with van der Waals surface area (Å²) in [6.45, 7) is 1.83. The molecule has 11 heavy (non-hydrogen) atoms. The van der Waals surface area contributed by atoms with Gasteiger partial charge in [0.05, 0.1) is 0 Å². The molecule has 2 nitrogen and oxygen atoms in total. The van der Waals surface area contributed by atoms with Crippen molar-refractivity contribution in [1.29, 1.82) is 0 Å². The highest BCUT2D eigenvalue weighted by Gasteiger charge is 2.00. The van der Waals surface area contributed by atoms with Crippen molar-refractivity contribution in [2.24, 2.45) is 0 Å². The molecule has 0 saturated carbocycles. The van der Waals surface area contributed by atoms with Crippen molar-refractivity contribution >= 4 is 23.7 Å². The number of fused-ring (bicyclic) bond motifs is 1. The van der Waals surface area contributed by atoms with E-state index in [0.717, 1.165) is 16.0 Å². The maximum absolute atomic E-state index is 5.28. The number of aromatic nitrogens is 1. The standard InChI is InChI=1S/C8H7NOS/c1-5-9-7-4-6(11)2-3-8(7)10-5/h2-4,11H,1H3. The molecule has 0 saturated heterocycles. The molecule has 56 valence electrons. The van der Waals surface area contributed by atoms with Crippen LogP contribution < -0.4 is 0 Å². The SMILES string of the molecule is Cc1nc2cc(S)ccc2o1. The monoisotopic (exact) mass is 165 g/mol. The molecular weight excluding hydrogens is 158 g/mol. The van der Waals surface area contributed by atoms with Crippen molar-refractivity contribution in [3.8, 4) is 0 Å². The summed E-state index contributed by atoms with van der Waals surface area (Å²) in [6.07, 6.45) is 0. The normalized spacial score (nSPS) is 10.7. The maximum atomic E-state index is 5.28. The highest BCUT2D eigenvalue weighted by molar-refractivity contribution is 7.80. The lowest BCUT2D eigenvalue weighted by Crippen LogP contribution is -1.68. The third-order valence-electron chi connectivity index (χ3n) is 1.48. The zero-order valence-electron chi connectivity index (χ0n) is 6.03. The van der Waals surface area contributed by atoms with Crippen molar-refractivity contribution in [1.82, 2.24) is 4.98 Å². The number of thiol groups is 1. The topological polar surface area (TPSA) is 26.0 Å². The number of hydrogen-bond donors (Lipinski definition) is 1. The van der Waals surface area contributed by atoms with Gasteiger partial charge in [0.15, 0.2) is 11.5 Å². The molecule has 2 aromatic rings. The minimum atomic E-state index is 0.693. The van der Waals surface area contributed by atoms with E-state index >= 15 is 0 Å². The van der Waals surface area contributed by atoms with Crippen LogP contribution in [-0.4, -0.2) is 4.98 Å². The molecule has 0 N–H and O–H groups in total. The number of oxazole rings is 1. The first kappa shape index (κ1) is 6.73. The Kier molecular flexibility index (Phi) is 1.39. The minimum Gasteiger partial charge on any atom is -0.441 e. The molecule has 0 unspecified atom stereocenters. The van der Waals surface area contributed by atoms with E-state index in [2.05, 4.69) is 17.6 Å². The predicted molar refractivity (Wildman–Crippen MR) is 46.0 cm³/mol. The Morgan fingerprint density at radius 2 is 2.27 bits per heavy atom. The quantitative estimate of drug-likeness (QED) is 0.607. The molecule has 3 heteroatoms. The van der Waals surface area contributed by atoms with Crippen LogP contribution in [0.1, 0.15) is 5.89 Å². The largest absolute Gasteiger partial charge is 0.441 e. The van der Waals surface area contributed by atoms with Crippen molar-refractivity contribution in [2.45, 2.75) is 11.8 Å². The lowest BCUT2D eigenvalue weighted by molar-refractivity contribution is 0.561. The molecule has 0 aliphatic carbocycles. The highest BCUT2D eigenvalue weighted by atomic mass is 32.1. The summed E-state index contributed by atoms with van der Waals surface area (Å²) in [4.78, 5) is 5.07. The van der Waals surface area contributed by atoms with Crippen LogP contribution in [0.5, 0.6) is 0 Å². The number of nitrogens with zero attached hydrogens (tertiary/aromatic N) is 1. The van der Waals surface area contributed by atoms with Crippen LogP contribution >= 0.6 is 12.6 Å². The molecule has 1 aromatic carbocycles. The second-order valence-corrected chi connectivity index (χ2v) is 2.90. The lowest BCUT2D eigenvalue weighted by atomic mass is 10.3. The summed E-state index contributed by atoms with van der Waals surface area (Å²) in [5.74, 6) is 0.693. The zero-order valence-corrected chi connectivity index (χ0v) is 6.93. The molecule has 0 aliphatic heterocycles. The van der Waals surface area contributed by atoms with E-state index in [4.69, 9.17) is 4.42 Å². The lowest BCUT2D eigenvalue weighted by Gasteiger charge is -1.86. The Balaban J connectivity index is 2.82. The third-order valence-corrected chi connectivity index (χ3v) is 1.76. The number of aryl methyl sites for hydroxylation is 1. The summed E-state index contributed by atoms with van der Waals surface area (Å²) < 4.78 is 5.28. The van der Waals surface area contributed by atoms with Gasteiger partial charge < -0.3 is 4.42 Å². The fraction of sp³-hybridized carbons (Fsp3) is 0.125. The summed E-state index contributed by atoms with van der Waals surface area (Å²) in [6, 6.07) is 5.64. The zero-order chi connectivity index (χ0) is 7.84. The number of hydrogen-bond acceptors (Lipinski definition) is 3. The molecular formula is C8H7NOS. The molecule has 0 radical (unpaired) electrons. The molecule has 1 heterocycles. The average Bonchev–Trinajstić information content (AvgIpc) is 2.27. The van der Waals surface area contributed by atoms with Crippen molar-refractivity contribution < 1.29 is 4.42 Å². The van der Waals surface area contributed by atoms with Gasteiger partial charge in [-0.1, -0.05) is 0 Å². The second kappa shape index (κ2) is 2.27. The van der Waals surface area contributed by atoms with E-state index in [0.29, 0.717) is 5.89 Å². The van der Waals surface area contributed by atoms with E-state index in [1.807, 2.05) is 25.1 Å². The van der Waals surface area contributed by atoms with Gasteiger partial charge in [0.2, 0.25) is 0 Å². The van der Waals surface area contributed by atoms with Crippen molar-refractivity contribution in [2.75, 3.05) is 0 Å². The van der Waals surface area contributed by atoms with Gasteiger partial charge in [0.1, 0.15) is 5.52 Å². The maximum Gasteiger partial charge on any atom is 0.192 e. The second-order valence-electron chi connectivity index (χ2n) is 2.38. The number of benzene rings is 1. The van der Waals surface area contributed by atoms with Crippen molar-refractivity contribution in [3.05, 3.63) is 24.1 Å². The van der Waals surface area contributed by atoms with E-state index in [1.54, 1.807) is 0 Å². The smallest absolute Gasteiger partial charge is 0.192 e. The summed E-state index contributed by atoms with van der Waals surface area (Å²) >= 11 is 4.19. The predicted octanol–water partition coefficient (Wildman–Crippen LogP) is 2.42. The Bertz CT molecular complexity index is 394. The van der Waals surface area contributed by atoms with Crippen LogP contribution in [0, 0.1) is 6.92 Å². The van der Waals surface area contributed by atoms with Gasteiger partial charge in [0, 0.05) is 11.8 Å². The third kappa shape index (κ3) is 1.12. The molecule has 0 bridgehead atoms. The van der Waals surface area contributed by atoms with E-state index in [9.17, 15) is 0 Å². The number of rotatable bonds is 0. The van der Waals surface area contributed by atoms with Crippen LogP contribution in [0.3, 0.4) is 0 Å². The van der Waals surface area contributed by atoms with Crippen LogP contribution in [0.15, 0.2) is 27.5 Å². The molecule has 0 fully saturated rings. The Hall–Kier alpha value is -0.960. The van der Waals surface area contributed by atoms with Gasteiger partial charge in [-0.25, -0.2) is 4.98 Å². The molecule has 2 rings (SSSR count). The van der Waals surface area contributed by atoms with E-state index in [1.165, 1.54) is 0 Å². The van der Waals surface area contributed by atoms with Crippen LogP contribution in [0.25, 0.3) is 11.1 Å². The molecule has 0 amide bonds. The van der Waals surface area contributed by atoms with Gasteiger partial charge in [-0.05, 0) is 18.2 Å². The molecule has 1 aromatic heterocycles. The van der Waals surface area contributed by atoms with Gasteiger partial charge >= 0.3 is 0 Å². The molecule has 0 aliphatic rings.